The molecule has 0 amide bonds. The highest BCUT2D eigenvalue weighted by Gasteiger charge is 2.09. The molecule has 0 aromatic carbocycles. The van der Waals surface area contributed by atoms with Gasteiger partial charge in [0.25, 0.3) is 0 Å². The van der Waals surface area contributed by atoms with Crippen LogP contribution in [0.15, 0.2) is 12.1 Å². The Labute approximate surface area is 88.0 Å². The second-order valence-corrected chi connectivity index (χ2v) is 3.17. The number of hydrogen-bond acceptors (Lipinski definition) is 5. The minimum atomic E-state index is -0.494. The highest BCUT2D eigenvalue weighted by Crippen LogP contribution is 2.12. The largest absolute Gasteiger partial charge is 0.394 e. The molecule has 0 aliphatic heterocycles. The molecule has 80 valence electrons. The first-order valence-electron chi connectivity index (χ1n) is 4.57. The minimum absolute atomic E-state index is 0.211. The van der Waals surface area contributed by atoms with Crippen LogP contribution in [0.5, 0.6) is 0 Å². The number of aliphatic hydroxyl groups excluding tert-OH is 2. The van der Waals surface area contributed by atoms with E-state index >= 15 is 0 Å². The summed E-state index contributed by atoms with van der Waals surface area (Å²) in [6.07, 6.45) is 0. The van der Waals surface area contributed by atoms with Gasteiger partial charge >= 0.3 is 0 Å². The lowest BCUT2D eigenvalue weighted by molar-refractivity contribution is 0.203. The Morgan fingerprint density at radius 2 is 2.13 bits per heavy atom. The summed E-state index contributed by atoms with van der Waals surface area (Å²) in [4.78, 5) is 4.12. The zero-order chi connectivity index (χ0) is 11.3. The van der Waals surface area contributed by atoms with Gasteiger partial charge in [0.15, 0.2) is 0 Å². The van der Waals surface area contributed by atoms with Gasteiger partial charge in [-0.25, -0.2) is 4.98 Å². The van der Waals surface area contributed by atoms with Gasteiger partial charge < -0.3 is 15.5 Å². The topological polar surface area (TPSA) is 89.2 Å². The van der Waals surface area contributed by atoms with Crippen LogP contribution >= 0.6 is 0 Å². The molecule has 0 bridgehead atoms. The predicted molar refractivity (Wildman–Crippen MR) is 55.3 cm³/mol. The van der Waals surface area contributed by atoms with Crippen LogP contribution in [0.4, 0.5) is 5.82 Å². The van der Waals surface area contributed by atoms with Crippen LogP contribution in [0.2, 0.25) is 0 Å². The number of rotatable bonds is 4. The molecule has 15 heavy (non-hydrogen) atoms. The Morgan fingerprint density at radius 3 is 2.67 bits per heavy atom. The standard InChI is InChI=1S/C10H13N3O2/c1-7-2-3-8(4-11)10(12-7)13-9(5-14)6-15/h2-3,9,14-15H,5-6H2,1H3,(H,12,13). The molecule has 0 aliphatic carbocycles. The summed E-state index contributed by atoms with van der Waals surface area (Å²) >= 11 is 0. The van der Waals surface area contributed by atoms with Gasteiger partial charge in [0.05, 0.1) is 24.8 Å². The zero-order valence-electron chi connectivity index (χ0n) is 8.44. The van der Waals surface area contributed by atoms with Crippen molar-refractivity contribution in [3.8, 4) is 6.07 Å². The third-order valence-electron chi connectivity index (χ3n) is 1.94. The van der Waals surface area contributed by atoms with Crippen molar-refractivity contribution < 1.29 is 10.2 Å². The number of pyridine rings is 1. The second-order valence-electron chi connectivity index (χ2n) is 3.17. The van der Waals surface area contributed by atoms with Crippen molar-refractivity contribution in [2.75, 3.05) is 18.5 Å². The number of nitrogens with one attached hydrogen (secondary N) is 1. The van der Waals surface area contributed by atoms with Crippen LogP contribution in [0.25, 0.3) is 0 Å². The normalized spacial score (nSPS) is 10.1. The molecule has 3 N–H and O–H groups in total. The number of aliphatic hydroxyl groups is 2. The van der Waals surface area contributed by atoms with E-state index in [9.17, 15) is 0 Å². The Kier molecular flexibility index (Phi) is 4.03. The molecule has 1 heterocycles. The Bertz CT molecular complexity index is 369. The lowest BCUT2D eigenvalue weighted by Crippen LogP contribution is -2.28. The lowest BCUT2D eigenvalue weighted by atomic mass is 10.2. The van der Waals surface area contributed by atoms with Gasteiger partial charge in [-0.1, -0.05) is 0 Å². The van der Waals surface area contributed by atoms with Crippen molar-refractivity contribution in [1.29, 1.82) is 5.26 Å². The molecule has 0 aliphatic rings. The summed E-state index contributed by atoms with van der Waals surface area (Å²) in [5.41, 5.74) is 1.17. The van der Waals surface area contributed by atoms with Gasteiger partial charge in [0.1, 0.15) is 11.9 Å². The maximum atomic E-state index is 8.89. The zero-order valence-corrected chi connectivity index (χ0v) is 8.44. The molecule has 0 atom stereocenters. The van der Waals surface area contributed by atoms with E-state index in [0.29, 0.717) is 11.4 Å². The first-order chi connectivity index (χ1) is 7.21. The van der Waals surface area contributed by atoms with Crippen LogP contribution in [-0.2, 0) is 0 Å². The number of anilines is 1. The third kappa shape index (κ3) is 2.91. The highest BCUT2D eigenvalue weighted by atomic mass is 16.3. The summed E-state index contributed by atoms with van der Waals surface area (Å²) in [6, 6.07) is 4.88. The van der Waals surface area contributed by atoms with Crippen LogP contribution < -0.4 is 5.32 Å². The minimum Gasteiger partial charge on any atom is -0.394 e. The fraction of sp³-hybridized carbons (Fsp3) is 0.400. The number of aryl methyl sites for hydroxylation is 1. The van der Waals surface area contributed by atoms with Gasteiger partial charge in [-0.15, -0.1) is 0 Å². The van der Waals surface area contributed by atoms with Crippen molar-refractivity contribution >= 4 is 5.82 Å². The first kappa shape index (κ1) is 11.4. The van der Waals surface area contributed by atoms with Crippen molar-refractivity contribution in [3.05, 3.63) is 23.4 Å². The van der Waals surface area contributed by atoms with E-state index in [4.69, 9.17) is 15.5 Å². The molecule has 5 heteroatoms. The van der Waals surface area contributed by atoms with Gasteiger partial charge in [0.2, 0.25) is 0 Å². The molecule has 0 radical (unpaired) electrons. The first-order valence-corrected chi connectivity index (χ1v) is 4.57. The second kappa shape index (κ2) is 5.29. The molecule has 0 fully saturated rings. The van der Waals surface area contributed by atoms with E-state index in [1.54, 1.807) is 19.1 Å². The molecular weight excluding hydrogens is 194 g/mol. The summed E-state index contributed by atoms with van der Waals surface area (Å²) in [6.45, 7) is 1.38. The third-order valence-corrected chi connectivity index (χ3v) is 1.94. The van der Waals surface area contributed by atoms with Crippen molar-refractivity contribution in [1.82, 2.24) is 4.98 Å². The quantitative estimate of drug-likeness (QED) is 0.648. The molecule has 1 aromatic rings. The maximum absolute atomic E-state index is 8.89. The van der Waals surface area contributed by atoms with E-state index < -0.39 is 6.04 Å². The Balaban J connectivity index is 2.92. The predicted octanol–water partition coefficient (Wildman–Crippen LogP) is 0.0268. The highest BCUT2D eigenvalue weighted by molar-refractivity contribution is 5.52. The summed E-state index contributed by atoms with van der Waals surface area (Å²) < 4.78 is 0. The lowest BCUT2D eigenvalue weighted by Gasteiger charge is -2.15. The van der Waals surface area contributed by atoms with E-state index in [-0.39, 0.29) is 13.2 Å². The van der Waals surface area contributed by atoms with E-state index in [1.807, 2.05) is 6.07 Å². The van der Waals surface area contributed by atoms with E-state index in [0.717, 1.165) is 5.69 Å². The number of hydrogen-bond donors (Lipinski definition) is 3. The maximum Gasteiger partial charge on any atom is 0.144 e. The van der Waals surface area contributed by atoms with Crippen LogP contribution in [0.1, 0.15) is 11.3 Å². The Morgan fingerprint density at radius 1 is 1.47 bits per heavy atom. The van der Waals surface area contributed by atoms with Crippen LogP contribution in [-0.4, -0.2) is 34.5 Å². The van der Waals surface area contributed by atoms with Crippen molar-refractivity contribution in [2.24, 2.45) is 0 Å². The molecule has 0 unspecified atom stereocenters. The molecule has 5 nitrogen and oxygen atoms in total. The van der Waals surface area contributed by atoms with Gasteiger partial charge in [-0.3, -0.25) is 0 Å². The van der Waals surface area contributed by atoms with Gasteiger partial charge in [0, 0.05) is 5.69 Å². The molecular formula is C10H13N3O2. The van der Waals surface area contributed by atoms with Crippen molar-refractivity contribution in [3.63, 3.8) is 0 Å². The fourth-order valence-electron chi connectivity index (χ4n) is 1.10. The van der Waals surface area contributed by atoms with Crippen LogP contribution in [0.3, 0.4) is 0 Å². The summed E-state index contributed by atoms with van der Waals surface area (Å²) in [5.74, 6) is 0.394. The summed E-state index contributed by atoms with van der Waals surface area (Å²) in [5, 5.41) is 29.4. The summed E-state index contributed by atoms with van der Waals surface area (Å²) in [7, 11) is 0. The van der Waals surface area contributed by atoms with E-state index in [1.165, 1.54) is 0 Å². The number of aromatic nitrogens is 1. The van der Waals surface area contributed by atoms with Gasteiger partial charge in [-0.05, 0) is 19.1 Å². The SMILES string of the molecule is Cc1ccc(C#N)c(NC(CO)CO)n1. The molecule has 0 saturated carbocycles. The Hall–Kier alpha value is -1.64. The molecule has 1 aromatic heterocycles. The smallest absolute Gasteiger partial charge is 0.144 e. The van der Waals surface area contributed by atoms with E-state index in [2.05, 4.69) is 10.3 Å². The van der Waals surface area contributed by atoms with Crippen LogP contribution in [0, 0.1) is 18.3 Å². The monoisotopic (exact) mass is 207 g/mol. The fourth-order valence-corrected chi connectivity index (χ4v) is 1.10. The molecule has 1 rings (SSSR count). The average molecular weight is 207 g/mol. The molecule has 0 spiro atoms. The van der Waals surface area contributed by atoms with Crippen molar-refractivity contribution in [2.45, 2.75) is 13.0 Å². The number of nitrogens with zero attached hydrogens (tertiary/aromatic N) is 2. The average Bonchev–Trinajstić information content (AvgIpc) is 2.26. The molecule has 0 saturated heterocycles. The number of nitriles is 1. The van der Waals surface area contributed by atoms with Gasteiger partial charge in [-0.2, -0.15) is 5.26 Å².